The van der Waals surface area contributed by atoms with Crippen LogP contribution in [0.15, 0.2) is 18.2 Å². The smallest absolute Gasteiger partial charge is 0.248 e. The van der Waals surface area contributed by atoms with Crippen molar-refractivity contribution in [3.8, 4) is 6.07 Å². The molecular weight excluding hydrogens is 326 g/mol. The summed E-state index contributed by atoms with van der Waals surface area (Å²) in [4.78, 5) is 15.8. The third kappa shape index (κ3) is 3.50. The molecule has 0 aromatic heterocycles. The minimum Gasteiger partial charge on any atom is -0.387 e. The zero-order chi connectivity index (χ0) is 17.1. The molecule has 1 aliphatic heterocycles. The number of halogens is 1. The van der Waals surface area contributed by atoms with Gasteiger partial charge in [0.15, 0.2) is 0 Å². The number of likely N-dealkylation sites (tertiary alicyclic amines) is 1. The number of nitrogens with zero attached hydrogens (tertiary/aromatic N) is 3. The van der Waals surface area contributed by atoms with Crippen LogP contribution in [0, 0.1) is 17.2 Å². The fourth-order valence-electron chi connectivity index (χ4n) is 3.51. The van der Waals surface area contributed by atoms with E-state index in [1.165, 1.54) is 19.3 Å². The van der Waals surface area contributed by atoms with Gasteiger partial charge in [-0.3, -0.25) is 4.79 Å². The summed E-state index contributed by atoms with van der Waals surface area (Å²) in [5, 5.41) is 18.6. The number of hydrogen-bond acceptors (Lipinski definition) is 4. The number of nitriles is 1. The van der Waals surface area contributed by atoms with E-state index in [-0.39, 0.29) is 11.9 Å². The van der Waals surface area contributed by atoms with E-state index in [0.29, 0.717) is 29.6 Å². The first kappa shape index (κ1) is 17.1. The largest absolute Gasteiger partial charge is 0.387 e. The van der Waals surface area contributed by atoms with E-state index < -0.39 is 6.61 Å². The Morgan fingerprint density at radius 2 is 2.21 bits per heavy atom. The van der Waals surface area contributed by atoms with Gasteiger partial charge in [0.05, 0.1) is 10.6 Å². The maximum absolute atomic E-state index is 11.7. The molecule has 5 nitrogen and oxygen atoms in total. The maximum Gasteiger partial charge on any atom is 0.248 e. The molecule has 1 aromatic carbocycles. The second kappa shape index (κ2) is 7.42. The highest BCUT2D eigenvalue weighted by Gasteiger charge is 2.32. The van der Waals surface area contributed by atoms with Gasteiger partial charge in [-0.25, -0.2) is 0 Å². The van der Waals surface area contributed by atoms with Gasteiger partial charge in [0.1, 0.15) is 12.7 Å². The zero-order valence-electron chi connectivity index (χ0n) is 13.6. The molecule has 2 aliphatic rings. The van der Waals surface area contributed by atoms with Crippen LogP contribution in [0.1, 0.15) is 31.2 Å². The van der Waals surface area contributed by atoms with E-state index in [9.17, 15) is 4.79 Å². The lowest BCUT2D eigenvalue weighted by molar-refractivity contribution is -0.133. The van der Waals surface area contributed by atoms with Crippen LogP contribution in [0.3, 0.4) is 0 Å². The first-order valence-electron chi connectivity index (χ1n) is 8.47. The second-order valence-corrected chi connectivity index (χ2v) is 7.07. The van der Waals surface area contributed by atoms with Crippen molar-refractivity contribution in [2.24, 2.45) is 5.92 Å². The van der Waals surface area contributed by atoms with E-state index >= 15 is 0 Å². The number of carbonyl (C=O) groups is 1. The molecule has 0 bridgehead atoms. The summed E-state index contributed by atoms with van der Waals surface area (Å²) in [5.41, 5.74) is 1.49. The molecule has 0 radical (unpaired) electrons. The number of aliphatic hydroxyl groups is 1. The van der Waals surface area contributed by atoms with Crippen molar-refractivity contribution in [3.63, 3.8) is 0 Å². The third-order valence-electron chi connectivity index (χ3n) is 5.18. The second-order valence-electron chi connectivity index (χ2n) is 6.67. The molecule has 1 aliphatic carbocycles. The van der Waals surface area contributed by atoms with Gasteiger partial charge in [0.2, 0.25) is 5.91 Å². The number of benzene rings is 1. The van der Waals surface area contributed by atoms with Crippen LogP contribution in [-0.4, -0.2) is 48.2 Å². The van der Waals surface area contributed by atoms with Gasteiger partial charge in [0, 0.05) is 31.4 Å². The third-order valence-corrected chi connectivity index (χ3v) is 5.49. The van der Waals surface area contributed by atoms with Crippen LogP contribution < -0.4 is 4.90 Å². The predicted molar refractivity (Wildman–Crippen MR) is 92.9 cm³/mol. The average Bonchev–Trinajstić information content (AvgIpc) is 3.03. The molecule has 24 heavy (non-hydrogen) atoms. The topological polar surface area (TPSA) is 67.6 Å². The van der Waals surface area contributed by atoms with Crippen molar-refractivity contribution in [2.75, 3.05) is 31.1 Å². The summed E-state index contributed by atoms with van der Waals surface area (Å²) >= 11 is 6.22. The minimum absolute atomic E-state index is 0.209. The van der Waals surface area contributed by atoms with E-state index in [1.807, 2.05) is 12.1 Å². The number of rotatable bonds is 5. The van der Waals surface area contributed by atoms with E-state index in [1.54, 1.807) is 11.0 Å². The molecule has 1 atom stereocenters. The fraction of sp³-hybridized carbons (Fsp3) is 0.556. The fourth-order valence-corrected chi connectivity index (χ4v) is 3.73. The lowest BCUT2D eigenvalue weighted by Gasteiger charge is -2.37. The predicted octanol–water partition coefficient (Wildman–Crippen LogP) is 2.41. The van der Waals surface area contributed by atoms with Gasteiger partial charge in [-0.05, 0) is 43.4 Å². The Morgan fingerprint density at radius 3 is 2.79 bits per heavy atom. The molecule has 1 amide bonds. The van der Waals surface area contributed by atoms with Crippen LogP contribution in [0.4, 0.5) is 5.69 Å². The summed E-state index contributed by atoms with van der Waals surface area (Å²) < 4.78 is 0. The summed E-state index contributed by atoms with van der Waals surface area (Å²) in [6.07, 6.45) is 4.65. The highest BCUT2D eigenvalue weighted by atomic mass is 35.5. The van der Waals surface area contributed by atoms with Gasteiger partial charge in [-0.1, -0.05) is 18.0 Å². The van der Waals surface area contributed by atoms with Gasteiger partial charge in [-0.2, -0.15) is 5.26 Å². The summed E-state index contributed by atoms with van der Waals surface area (Å²) in [5.74, 6) is 0.473. The first-order chi connectivity index (χ1) is 11.6. The first-order valence-corrected chi connectivity index (χ1v) is 8.85. The zero-order valence-corrected chi connectivity index (χ0v) is 14.4. The average molecular weight is 348 g/mol. The van der Waals surface area contributed by atoms with Gasteiger partial charge < -0.3 is 14.9 Å². The van der Waals surface area contributed by atoms with Crippen LogP contribution in [0.2, 0.25) is 5.02 Å². The van der Waals surface area contributed by atoms with Gasteiger partial charge in [0.25, 0.3) is 0 Å². The van der Waals surface area contributed by atoms with Crippen molar-refractivity contribution >= 4 is 23.2 Å². The van der Waals surface area contributed by atoms with Crippen LogP contribution >= 0.6 is 11.6 Å². The van der Waals surface area contributed by atoms with Crippen LogP contribution in [0.25, 0.3) is 0 Å². The Morgan fingerprint density at radius 1 is 1.42 bits per heavy atom. The number of anilines is 1. The SMILES string of the molecule is N#Cc1ccc(N(CC2CCC2)C2CCN(C(=O)CO)C2)cc1Cl. The summed E-state index contributed by atoms with van der Waals surface area (Å²) in [7, 11) is 0. The molecule has 1 saturated heterocycles. The molecule has 2 fully saturated rings. The minimum atomic E-state index is -0.433. The van der Waals surface area contributed by atoms with E-state index in [4.69, 9.17) is 22.0 Å². The molecule has 1 N–H and O–H groups in total. The van der Waals surface area contributed by atoms with Crippen LogP contribution in [0.5, 0.6) is 0 Å². The Bertz CT molecular complexity index is 654. The van der Waals surface area contributed by atoms with Crippen LogP contribution in [-0.2, 0) is 4.79 Å². The number of amides is 1. The highest BCUT2D eigenvalue weighted by molar-refractivity contribution is 6.32. The standard InChI is InChI=1S/C18H22ClN3O2/c19-17-8-15(5-4-14(17)9-20)22(10-13-2-1-3-13)16-6-7-21(11-16)18(24)12-23/h4-5,8,13,16,23H,1-3,6-7,10-12H2. The molecule has 1 saturated carbocycles. The van der Waals surface area contributed by atoms with Crippen molar-refractivity contribution in [1.82, 2.24) is 4.90 Å². The normalized spacial score (nSPS) is 20.5. The van der Waals surface area contributed by atoms with E-state index in [0.717, 1.165) is 18.7 Å². The lowest BCUT2D eigenvalue weighted by Crippen LogP contribution is -2.43. The number of carbonyl (C=O) groups excluding carboxylic acids is 1. The molecule has 128 valence electrons. The molecule has 1 aromatic rings. The Balaban J connectivity index is 1.80. The quantitative estimate of drug-likeness (QED) is 0.888. The van der Waals surface area contributed by atoms with Crippen molar-refractivity contribution in [2.45, 2.75) is 31.7 Å². The molecule has 1 unspecified atom stereocenters. The molecule has 0 spiro atoms. The van der Waals surface area contributed by atoms with Gasteiger partial charge >= 0.3 is 0 Å². The number of aliphatic hydroxyl groups excluding tert-OH is 1. The number of hydrogen-bond donors (Lipinski definition) is 1. The van der Waals surface area contributed by atoms with Crippen molar-refractivity contribution < 1.29 is 9.90 Å². The maximum atomic E-state index is 11.7. The lowest BCUT2D eigenvalue weighted by atomic mass is 9.84. The highest BCUT2D eigenvalue weighted by Crippen LogP contribution is 2.33. The summed E-state index contributed by atoms with van der Waals surface area (Å²) in [6.45, 7) is 1.82. The molecular formula is C18H22ClN3O2. The Hall–Kier alpha value is -1.77. The molecule has 1 heterocycles. The van der Waals surface area contributed by atoms with Crippen molar-refractivity contribution in [1.29, 1.82) is 5.26 Å². The van der Waals surface area contributed by atoms with Crippen molar-refractivity contribution in [3.05, 3.63) is 28.8 Å². The monoisotopic (exact) mass is 347 g/mol. The Kier molecular flexibility index (Phi) is 5.27. The molecule has 3 rings (SSSR count). The van der Waals surface area contributed by atoms with Gasteiger partial charge in [-0.15, -0.1) is 0 Å². The Labute approximate surface area is 147 Å². The summed E-state index contributed by atoms with van der Waals surface area (Å²) in [6, 6.07) is 7.88. The van der Waals surface area contributed by atoms with E-state index in [2.05, 4.69) is 11.0 Å². The molecule has 6 heteroatoms.